The van der Waals surface area contributed by atoms with E-state index in [-0.39, 0.29) is 18.4 Å². The van der Waals surface area contributed by atoms with Crippen LogP contribution in [-0.2, 0) is 16.0 Å². The van der Waals surface area contributed by atoms with E-state index in [0.29, 0.717) is 13.0 Å². The van der Waals surface area contributed by atoms with Crippen molar-refractivity contribution in [2.24, 2.45) is 5.92 Å². The molecule has 2 unspecified atom stereocenters. The molecule has 20 heavy (non-hydrogen) atoms. The summed E-state index contributed by atoms with van der Waals surface area (Å²) in [7, 11) is 0. The molecule has 0 aliphatic carbocycles. The summed E-state index contributed by atoms with van der Waals surface area (Å²) >= 11 is 1.50. The number of fused-ring (bicyclic) bond motifs is 1. The van der Waals surface area contributed by atoms with Gasteiger partial charge in [-0.2, -0.15) is 0 Å². The Balaban J connectivity index is 1.74. The highest BCUT2D eigenvalue weighted by Gasteiger charge is 2.38. The van der Waals surface area contributed by atoms with Gasteiger partial charge in [0.2, 0.25) is 5.91 Å². The molecule has 2 aromatic rings. The van der Waals surface area contributed by atoms with Gasteiger partial charge < -0.3 is 10.0 Å². The van der Waals surface area contributed by atoms with Gasteiger partial charge >= 0.3 is 5.97 Å². The molecule has 1 N–H and O–H groups in total. The SMILES string of the molecule is CC1C(C(=O)O)CCN1C(=O)Cc1csc2nccn12. The van der Waals surface area contributed by atoms with Gasteiger partial charge in [-0.25, -0.2) is 4.98 Å². The number of carboxylic acids is 1. The summed E-state index contributed by atoms with van der Waals surface area (Å²) in [4.78, 5) is 30.2. The van der Waals surface area contributed by atoms with Gasteiger partial charge in [-0.05, 0) is 13.3 Å². The van der Waals surface area contributed by atoms with Crippen LogP contribution in [0.1, 0.15) is 19.0 Å². The Morgan fingerprint density at radius 2 is 2.35 bits per heavy atom. The molecular formula is C13H15N3O3S. The zero-order valence-electron chi connectivity index (χ0n) is 11.0. The van der Waals surface area contributed by atoms with Crippen molar-refractivity contribution in [2.45, 2.75) is 25.8 Å². The molecule has 1 aliphatic heterocycles. The highest BCUT2D eigenvalue weighted by atomic mass is 32.1. The van der Waals surface area contributed by atoms with Gasteiger partial charge in [0.1, 0.15) is 0 Å². The first kappa shape index (κ1) is 13.1. The first-order chi connectivity index (χ1) is 9.58. The van der Waals surface area contributed by atoms with Crippen molar-refractivity contribution < 1.29 is 14.7 Å². The second-order valence-electron chi connectivity index (χ2n) is 5.04. The number of amides is 1. The van der Waals surface area contributed by atoms with Crippen LogP contribution in [0.25, 0.3) is 4.96 Å². The molecular weight excluding hydrogens is 278 g/mol. The third kappa shape index (κ3) is 2.07. The molecule has 3 heterocycles. The van der Waals surface area contributed by atoms with Crippen LogP contribution in [0.5, 0.6) is 0 Å². The number of rotatable bonds is 3. The number of aromatic nitrogens is 2. The summed E-state index contributed by atoms with van der Waals surface area (Å²) in [5.74, 6) is -1.29. The molecule has 1 aliphatic rings. The van der Waals surface area contributed by atoms with Gasteiger partial charge in [0.15, 0.2) is 4.96 Å². The van der Waals surface area contributed by atoms with E-state index in [1.54, 1.807) is 11.1 Å². The minimum atomic E-state index is -0.819. The molecule has 0 aromatic carbocycles. The fourth-order valence-electron chi connectivity index (χ4n) is 2.78. The highest BCUT2D eigenvalue weighted by Crippen LogP contribution is 2.25. The first-order valence-electron chi connectivity index (χ1n) is 6.49. The molecule has 0 bridgehead atoms. The van der Waals surface area contributed by atoms with Crippen LogP contribution in [0.3, 0.4) is 0 Å². The number of likely N-dealkylation sites (tertiary alicyclic amines) is 1. The normalized spacial score (nSPS) is 22.6. The van der Waals surface area contributed by atoms with Gasteiger partial charge in [-0.1, -0.05) is 0 Å². The molecule has 1 saturated heterocycles. The lowest BCUT2D eigenvalue weighted by atomic mass is 10.0. The number of hydrogen-bond donors (Lipinski definition) is 1. The van der Waals surface area contributed by atoms with Gasteiger partial charge in [-0.3, -0.25) is 14.0 Å². The van der Waals surface area contributed by atoms with Crippen molar-refractivity contribution in [3.63, 3.8) is 0 Å². The van der Waals surface area contributed by atoms with E-state index in [9.17, 15) is 9.59 Å². The Morgan fingerprint density at radius 3 is 3.05 bits per heavy atom. The van der Waals surface area contributed by atoms with Crippen molar-refractivity contribution >= 4 is 28.2 Å². The summed E-state index contributed by atoms with van der Waals surface area (Å²) in [6.45, 7) is 2.33. The monoisotopic (exact) mass is 293 g/mol. The van der Waals surface area contributed by atoms with E-state index in [4.69, 9.17) is 5.11 Å². The van der Waals surface area contributed by atoms with Crippen molar-refractivity contribution in [3.05, 3.63) is 23.5 Å². The Hall–Kier alpha value is -1.89. The predicted octanol–water partition coefficient (Wildman–Crippen LogP) is 1.26. The Kier molecular flexibility index (Phi) is 3.21. The van der Waals surface area contributed by atoms with E-state index >= 15 is 0 Å². The second-order valence-corrected chi connectivity index (χ2v) is 5.88. The number of carbonyl (C=O) groups excluding carboxylic acids is 1. The van der Waals surface area contributed by atoms with Crippen molar-refractivity contribution in [2.75, 3.05) is 6.54 Å². The fraction of sp³-hybridized carbons (Fsp3) is 0.462. The van der Waals surface area contributed by atoms with Crippen molar-refractivity contribution in [1.29, 1.82) is 0 Å². The van der Waals surface area contributed by atoms with Crippen LogP contribution in [0, 0.1) is 5.92 Å². The number of aliphatic carboxylic acids is 1. The van der Waals surface area contributed by atoms with Gasteiger partial charge in [-0.15, -0.1) is 11.3 Å². The maximum Gasteiger partial charge on any atom is 0.308 e. The standard InChI is InChI=1S/C13H15N3O3S/c1-8-10(12(18)19)2-4-15(8)11(17)6-9-7-20-13-14-3-5-16(9)13/h3,5,7-8,10H,2,4,6H2,1H3,(H,18,19). The Bertz CT molecular complexity index is 663. The molecule has 1 amide bonds. The minimum absolute atomic E-state index is 0.0188. The lowest BCUT2D eigenvalue weighted by molar-refractivity contribution is -0.143. The summed E-state index contributed by atoms with van der Waals surface area (Å²) < 4.78 is 1.90. The molecule has 2 atom stereocenters. The number of carbonyl (C=O) groups is 2. The molecule has 3 rings (SSSR count). The van der Waals surface area contributed by atoms with Gasteiger partial charge in [0.25, 0.3) is 0 Å². The quantitative estimate of drug-likeness (QED) is 0.924. The summed E-state index contributed by atoms with van der Waals surface area (Å²) in [6, 6.07) is -0.239. The average Bonchev–Trinajstić information content (AvgIpc) is 3.05. The highest BCUT2D eigenvalue weighted by molar-refractivity contribution is 7.15. The van der Waals surface area contributed by atoms with E-state index in [1.807, 2.05) is 22.9 Å². The topological polar surface area (TPSA) is 74.9 Å². The number of thiazole rings is 1. The number of imidazole rings is 1. The molecule has 1 fully saturated rings. The molecule has 6 nitrogen and oxygen atoms in total. The van der Waals surface area contributed by atoms with Crippen LogP contribution >= 0.6 is 11.3 Å². The van der Waals surface area contributed by atoms with Gasteiger partial charge in [0.05, 0.1) is 12.3 Å². The van der Waals surface area contributed by atoms with E-state index in [2.05, 4.69) is 4.98 Å². The average molecular weight is 293 g/mol. The van der Waals surface area contributed by atoms with Crippen LogP contribution in [0.2, 0.25) is 0 Å². The van der Waals surface area contributed by atoms with E-state index < -0.39 is 11.9 Å². The zero-order chi connectivity index (χ0) is 14.3. The molecule has 0 radical (unpaired) electrons. The largest absolute Gasteiger partial charge is 0.481 e. The number of hydrogen-bond acceptors (Lipinski definition) is 4. The van der Waals surface area contributed by atoms with Crippen LogP contribution in [-0.4, -0.2) is 43.9 Å². The van der Waals surface area contributed by atoms with Crippen LogP contribution < -0.4 is 0 Å². The molecule has 0 spiro atoms. The lowest BCUT2D eigenvalue weighted by Crippen LogP contribution is -2.38. The van der Waals surface area contributed by atoms with Crippen LogP contribution in [0.4, 0.5) is 0 Å². The maximum absolute atomic E-state index is 12.4. The summed E-state index contributed by atoms with van der Waals surface area (Å²) in [5.41, 5.74) is 0.901. The first-order valence-corrected chi connectivity index (χ1v) is 7.37. The molecule has 0 saturated carbocycles. The smallest absolute Gasteiger partial charge is 0.308 e. The molecule has 106 valence electrons. The van der Waals surface area contributed by atoms with E-state index in [1.165, 1.54) is 11.3 Å². The second kappa shape index (κ2) is 4.90. The summed E-state index contributed by atoms with van der Waals surface area (Å²) in [5, 5.41) is 11.0. The minimum Gasteiger partial charge on any atom is -0.481 e. The Labute approximate surface area is 119 Å². The van der Waals surface area contributed by atoms with Gasteiger partial charge in [0, 0.05) is 36.1 Å². The van der Waals surface area contributed by atoms with Crippen molar-refractivity contribution in [1.82, 2.24) is 14.3 Å². The third-order valence-corrected chi connectivity index (χ3v) is 4.84. The lowest BCUT2D eigenvalue weighted by Gasteiger charge is -2.23. The molecule has 2 aromatic heterocycles. The zero-order valence-corrected chi connectivity index (χ0v) is 11.8. The molecule has 7 heteroatoms. The van der Waals surface area contributed by atoms with Crippen molar-refractivity contribution in [3.8, 4) is 0 Å². The Morgan fingerprint density at radius 1 is 1.55 bits per heavy atom. The third-order valence-electron chi connectivity index (χ3n) is 3.94. The number of carboxylic acid groups (broad SMARTS) is 1. The van der Waals surface area contributed by atoms with Crippen LogP contribution in [0.15, 0.2) is 17.8 Å². The van der Waals surface area contributed by atoms with E-state index in [0.717, 1.165) is 10.7 Å². The number of nitrogens with zero attached hydrogens (tertiary/aromatic N) is 3. The summed E-state index contributed by atoms with van der Waals surface area (Å²) in [6.07, 6.45) is 4.36. The maximum atomic E-state index is 12.4. The fourth-order valence-corrected chi connectivity index (χ4v) is 3.63. The predicted molar refractivity (Wildman–Crippen MR) is 73.7 cm³/mol.